The maximum atomic E-state index is 13.3. The summed E-state index contributed by atoms with van der Waals surface area (Å²) in [6, 6.07) is 3.91. The summed E-state index contributed by atoms with van der Waals surface area (Å²) < 4.78 is 18.5. The Bertz CT molecular complexity index is 862. The van der Waals surface area contributed by atoms with E-state index in [1.165, 1.54) is 12.1 Å². The minimum absolute atomic E-state index is 0.0227. The molecule has 0 unspecified atom stereocenters. The lowest BCUT2D eigenvalue weighted by Gasteiger charge is -2.11. The van der Waals surface area contributed by atoms with Gasteiger partial charge in [-0.3, -0.25) is 9.59 Å². The molecule has 4 N–H and O–H groups in total. The van der Waals surface area contributed by atoms with Gasteiger partial charge in [-0.15, -0.1) is 0 Å². The van der Waals surface area contributed by atoms with Crippen LogP contribution in [0, 0.1) is 5.82 Å². The molecule has 2 amide bonds. The van der Waals surface area contributed by atoms with E-state index in [0.717, 1.165) is 6.07 Å². The van der Waals surface area contributed by atoms with Gasteiger partial charge in [0.1, 0.15) is 11.6 Å². The Hall–Kier alpha value is -3.06. The number of benzene rings is 1. The molecule has 0 bridgehead atoms. The van der Waals surface area contributed by atoms with Gasteiger partial charge >= 0.3 is 0 Å². The third-order valence-corrected chi connectivity index (χ3v) is 4.05. The molecule has 0 aliphatic heterocycles. The van der Waals surface area contributed by atoms with Crippen LogP contribution < -0.4 is 21.1 Å². The van der Waals surface area contributed by atoms with Crippen molar-refractivity contribution >= 4 is 23.4 Å². The lowest BCUT2D eigenvalue weighted by molar-refractivity contribution is -0.123. The van der Waals surface area contributed by atoms with Crippen LogP contribution in [0.15, 0.2) is 66.0 Å². The summed E-state index contributed by atoms with van der Waals surface area (Å²) in [6.07, 6.45) is 7.89. The SMILES string of the molecule is C=C(CCNC(=O)COc1ccc(Cl)c(F)c1)NC(=O)C1=C(N)CC=CC=C1. The van der Waals surface area contributed by atoms with E-state index in [1.54, 1.807) is 12.2 Å². The van der Waals surface area contributed by atoms with Gasteiger partial charge in [0, 0.05) is 36.8 Å². The minimum atomic E-state index is -0.623. The first-order valence-electron chi connectivity index (χ1n) is 8.52. The van der Waals surface area contributed by atoms with Gasteiger partial charge in [-0.05, 0) is 18.2 Å². The van der Waals surface area contributed by atoms with Gasteiger partial charge in [0.2, 0.25) is 0 Å². The number of rotatable bonds is 8. The van der Waals surface area contributed by atoms with E-state index < -0.39 is 5.82 Å². The smallest absolute Gasteiger partial charge is 0.257 e. The Morgan fingerprint density at radius 2 is 2.11 bits per heavy atom. The summed E-state index contributed by atoms with van der Waals surface area (Å²) in [7, 11) is 0. The van der Waals surface area contributed by atoms with Crippen LogP contribution in [-0.4, -0.2) is 25.0 Å². The highest BCUT2D eigenvalue weighted by molar-refractivity contribution is 6.30. The average Bonchev–Trinajstić information content (AvgIpc) is 2.87. The molecule has 0 spiro atoms. The third kappa shape index (κ3) is 6.59. The molecule has 0 saturated carbocycles. The molecule has 1 aliphatic rings. The van der Waals surface area contributed by atoms with E-state index in [-0.39, 0.29) is 35.7 Å². The number of nitrogens with two attached hydrogens (primary N) is 1. The quantitative estimate of drug-likeness (QED) is 0.620. The van der Waals surface area contributed by atoms with Crippen LogP contribution in [0.3, 0.4) is 0 Å². The standard InChI is InChI=1S/C20H21ClFN3O3/c1-13(25-20(27)15-5-3-2-4-6-18(15)23)9-10-24-19(26)12-28-14-7-8-16(21)17(22)11-14/h2-5,7-8,11H,1,6,9-10,12,23H2,(H,24,26)(H,25,27). The zero-order chi connectivity index (χ0) is 20.5. The molecule has 2 rings (SSSR count). The van der Waals surface area contributed by atoms with Crippen molar-refractivity contribution in [2.24, 2.45) is 5.73 Å². The number of nitrogens with one attached hydrogen (secondary N) is 2. The highest BCUT2D eigenvalue weighted by Gasteiger charge is 2.12. The Kier molecular flexibility index (Phi) is 7.83. The van der Waals surface area contributed by atoms with Crippen molar-refractivity contribution in [1.29, 1.82) is 0 Å². The van der Waals surface area contributed by atoms with Crippen molar-refractivity contribution in [2.45, 2.75) is 12.8 Å². The fourth-order valence-electron chi connectivity index (χ4n) is 2.27. The zero-order valence-electron chi connectivity index (χ0n) is 15.1. The predicted octanol–water partition coefficient (Wildman–Crippen LogP) is 2.72. The van der Waals surface area contributed by atoms with Crippen LogP contribution in [0.25, 0.3) is 0 Å². The number of hydrogen-bond acceptors (Lipinski definition) is 4. The molecule has 0 aromatic heterocycles. The molecule has 0 saturated heterocycles. The van der Waals surface area contributed by atoms with E-state index in [0.29, 0.717) is 29.8 Å². The number of carbonyl (C=O) groups excluding carboxylic acids is 2. The second-order valence-electron chi connectivity index (χ2n) is 5.95. The molecule has 28 heavy (non-hydrogen) atoms. The Morgan fingerprint density at radius 3 is 2.86 bits per heavy atom. The second kappa shape index (κ2) is 10.3. The van der Waals surface area contributed by atoms with Crippen LogP contribution in [0.2, 0.25) is 5.02 Å². The molecule has 0 heterocycles. The molecule has 0 radical (unpaired) electrons. The highest BCUT2D eigenvalue weighted by atomic mass is 35.5. The van der Waals surface area contributed by atoms with E-state index in [1.807, 2.05) is 12.2 Å². The molecule has 1 aliphatic carbocycles. The second-order valence-corrected chi connectivity index (χ2v) is 6.36. The van der Waals surface area contributed by atoms with E-state index >= 15 is 0 Å². The third-order valence-electron chi connectivity index (χ3n) is 3.74. The molecule has 148 valence electrons. The maximum absolute atomic E-state index is 13.3. The van der Waals surface area contributed by atoms with Crippen molar-refractivity contribution in [3.05, 3.63) is 76.9 Å². The summed E-state index contributed by atoms with van der Waals surface area (Å²) in [4.78, 5) is 24.0. The van der Waals surface area contributed by atoms with Gasteiger partial charge < -0.3 is 21.1 Å². The Balaban J connectivity index is 1.70. The van der Waals surface area contributed by atoms with Gasteiger partial charge in [0.25, 0.3) is 11.8 Å². The fraction of sp³-hybridized carbons (Fsp3) is 0.200. The molecule has 0 fully saturated rings. The maximum Gasteiger partial charge on any atom is 0.257 e. The van der Waals surface area contributed by atoms with Crippen molar-refractivity contribution in [3.8, 4) is 5.75 Å². The first-order valence-corrected chi connectivity index (χ1v) is 8.90. The monoisotopic (exact) mass is 405 g/mol. The van der Waals surface area contributed by atoms with Crippen LogP contribution >= 0.6 is 11.6 Å². The molecule has 1 aromatic carbocycles. The molecular weight excluding hydrogens is 385 g/mol. The average molecular weight is 406 g/mol. The number of hydrogen-bond donors (Lipinski definition) is 3. The van der Waals surface area contributed by atoms with E-state index in [9.17, 15) is 14.0 Å². The fourth-order valence-corrected chi connectivity index (χ4v) is 2.39. The molecular formula is C20H21ClFN3O3. The summed E-state index contributed by atoms with van der Waals surface area (Å²) in [5, 5.41) is 5.27. The number of allylic oxidation sites excluding steroid dienone is 3. The Labute approximate surface area is 167 Å². The van der Waals surface area contributed by atoms with Gasteiger partial charge in [0.05, 0.1) is 10.6 Å². The van der Waals surface area contributed by atoms with Crippen molar-refractivity contribution < 1.29 is 18.7 Å². The lowest BCUT2D eigenvalue weighted by atomic mass is 10.1. The van der Waals surface area contributed by atoms with Crippen molar-refractivity contribution in [1.82, 2.24) is 10.6 Å². The number of carbonyl (C=O) groups is 2. The number of halogens is 2. The first-order chi connectivity index (χ1) is 13.4. The summed E-state index contributed by atoms with van der Waals surface area (Å²) in [5.74, 6) is -1.16. The van der Waals surface area contributed by atoms with E-state index in [4.69, 9.17) is 22.1 Å². The van der Waals surface area contributed by atoms with Gasteiger partial charge in [-0.2, -0.15) is 0 Å². The molecule has 1 aromatic rings. The summed E-state index contributed by atoms with van der Waals surface area (Å²) in [5.41, 5.74) is 7.18. The van der Waals surface area contributed by atoms with Gasteiger partial charge in [0.15, 0.2) is 6.61 Å². The zero-order valence-corrected chi connectivity index (χ0v) is 15.9. The molecule has 8 heteroatoms. The topological polar surface area (TPSA) is 93.5 Å². The first kappa shape index (κ1) is 21.2. The van der Waals surface area contributed by atoms with E-state index in [2.05, 4.69) is 17.2 Å². The van der Waals surface area contributed by atoms with Crippen LogP contribution in [-0.2, 0) is 9.59 Å². The van der Waals surface area contributed by atoms with Gasteiger partial charge in [-0.25, -0.2) is 4.39 Å². The van der Waals surface area contributed by atoms with Crippen LogP contribution in [0.1, 0.15) is 12.8 Å². The molecule has 0 atom stereocenters. The summed E-state index contributed by atoms with van der Waals surface area (Å²) in [6.45, 7) is 3.75. The van der Waals surface area contributed by atoms with Crippen molar-refractivity contribution in [3.63, 3.8) is 0 Å². The number of ether oxygens (including phenoxy) is 1. The largest absolute Gasteiger partial charge is 0.484 e. The Morgan fingerprint density at radius 1 is 1.32 bits per heavy atom. The van der Waals surface area contributed by atoms with Gasteiger partial charge in [-0.1, -0.05) is 36.4 Å². The highest BCUT2D eigenvalue weighted by Crippen LogP contribution is 2.20. The number of amides is 2. The normalized spacial score (nSPS) is 13.1. The van der Waals surface area contributed by atoms with Crippen LogP contribution in [0.5, 0.6) is 5.75 Å². The summed E-state index contributed by atoms with van der Waals surface area (Å²) >= 11 is 5.58. The van der Waals surface area contributed by atoms with Crippen LogP contribution in [0.4, 0.5) is 4.39 Å². The minimum Gasteiger partial charge on any atom is -0.484 e. The lowest BCUT2D eigenvalue weighted by Crippen LogP contribution is -2.32. The van der Waals surface area contributed by atoms with Crippen molar-refractivity contribution in [2.75, 3.05) is 13.2 Å². The predicted molar refractivity (Wildman–Crippen MR) is 106 cm³/mol. The molecule has 6 nitrogen and oxygen atoms in total.